The van der Waals surface area contributed by atoms with Crippen LogP contribution in [-0.4, -0.2) is 53.0 Å². The Bertz CT molecular complexity index is 505. The third kappa shape index (κ3) is 3.45. The summed E-state index contributed by atoms with van der Waals surface area (Å²) in [5.41, 5.74) is 5.98. The molecular formula is C14H24N4OS2. The van der Waals surface area contributed by atoms with Gasteiger partial charge in [0.25, 0.3) is 5.91 Å². The number of nitrogens with zero attached hydrogens (tertiary/aromatic N) is 3. The molecule has 0 spiro atoms. The van der Waals surface area contributed by atoms with Crippen molar-refractivity contribution in [3.8, 4) is 0 Å². The van der Waals surface area contributed by atoms with Crippen LogP contribution in [0, 0.1) is 0 Å². The summed E-state index contributed by atoms with van der Waals surface area (Å²) in [6.45, 7) is 8.09. The van der Waals surface area contributed by atoms with Crippen molar-refractivity contribution in [2.75, 3.05) is 36.5 Å². The van der Waals surface area contributed by atoms with E-state index in [-0.39, 0.29) is 11.9 Å². The first-order valence-corrected chi connectivity index (χ1v) is 9.22. The van der Waals surface area contributed by atoms with Crippen LogP contribution < -0.4 is 10.6 Å². The third-order valence-electron chi connectivity index (χ3n) is 3.87. The number of amides is 1. The van der Waals surface area contributed by atoms with E-state index in [4.69, 9.17) is 5.73 Å². The number of hydrogen-bond donors (Lipinski definition) is 1. The van der Waals surface area contributed by atoms with Crippen LogP contribution in [0.3, 0.4) is 0 Å². The van der Waals surface area contributed by atoms with Crippen molar-refractivity contribution in [1.82, 2.24) is 9.88 Å². The van der Waals surface area contributed by atoms with E-state index in [1.54, 1.807) is 0 Å². The first kappa shape index (κ1) is 16.4. The summed E-state index contributed by atoms with van der Waals surface area (Å²) in [5, 5.41) is 1.28. The fourth-order valence-electron chi connectivity index (χ4n) is 2.42. The topological polar surface area (TPSA) is 62.5 Å². The molecule has 2 unspecified atom stereocenters. The second-order valence-corrected chi connectivity index (χ2v) is 7.91. The van der Waals surface area contributed by atoms with E-state index in [0.717, 1.165) is 30.4 Å². The number of carbonyl (C=O) groups is 1. The van der Waals surface area contributed by atoms with Gasteiger partial charge in [-0.1, -0.05) is 25.2 Å². The second kappa shape index (κ2) is 6.87. The molecule has 7 heteroatoms. The van der Waals surface area contributed by atoms with Crippen LogP contribution in [-0.2, 0) is 0 Å². The largest absolute Gasteiger partial charge is 0.382 e. The van der Waals surface area contributed by atoms with Gasteiger partial charge >= 0.3 is 0 Å². The van der Waals surface area contributed by atoms with Gasteiger partial charge < -0.3 is 15.5 Å². The fraction of sp³-hybridized carbons (Fsp3) is 0.714. The van der Waals surface area contributed by atoms with Crippen LogP contribution in [0.2, 0.25) is 0 Å². The Labute approximate surface area is 134 Å². The molecule has 2 atom stereocenters. The van der Waals surface area contributed by atoms with E-state index in [9.17, 15) is 4.79 Å². The van der Waals surface area contributed by atoms with Gasteiger partial charge in [-0.3, -0.25) is 4.79 Å². The highest BCUT2D eigenvalue weighted by molar-refractivity contribution is 8.00. The van der Waals surface area contributed by atoms with E-state index in [0.29, 0.717) is 15.9 Å². The third-order valence-corrected chi connectivity index (χ3v) is 6.38. The molecule has 0 saturated carbocycles. The summed E-state index contributed by atoms with van der Waals surface area (Å²) >= 11 is 3.32. The Kier molecular flexibility index (Phi) is 5.37. The molecule has 5 nitrogen and oxygen atoms in total. The molecule has 1 aliphatic rings. The van der Waals surface area contributed by atoms with Crippen LogP contribution >= 0.6 is 23.1 Å². The Hall–Kier alpha value is -0.950. The van der Waals surface area contributed by atoms with Gasteiger partial charge in [0.2, 0.25) is 0 Å². The van der Waals surface area contributed by atoms with Crippen LogP contribution in [0.5, 0.6) is 0 Å². The lowest BCUT2D eigenvalue weighted by molar-refractivity contribution is 0.0704. The molecule has 1 aromatic heterocycles. The van der Waals surface area contributed by atoms with Gasteiger partial charge in [-0.15, -0.1) is 0 Å². The van der Waals surface area contributed by atoms with Crippen molar-refractivity contribution in [2.24, 2.45) is 0 Å². The number of hydrogen-bond acceptors (Lipinski definition) is 6. The van der Waals surface area contributed by atoms with Gasteiger partial charge in [0.05, 0.1) is 0 Å². The van der Waals surface area contributed by atoms with E-state index >= 15 is 0 Å². The van der Waals surface area contributed by atoms with E-state index in [1.807, 2.05) is 23.7 Å². The zero-order valence-corrected chi connectivity index (χ0v) is 14.8. The predicted octanol–water partition coefficient (Wildman–Crippen LogP) is 2.54. The molecule has 1 saturated heterocycles. The smallest absolute Gasteiger partial charge is 0.268 e. The second-order valence-electron chi connectivity index (χ2n) is 5.45. The molecule has 2 N–H and O–H groups in total. The number of nitrogen functional groups attached to an aromatic ring is 1. The molecule has 1 fully saturated rings. The molecule has 0 aliphatic carbocycles. The lowest BCUT2D eigenvalue weighted by atomic mass is 10.2. The minimum atomic E-state index is 0.0285. The maximum absolute atomic E-state index is 12.8. The van der Waals surface area contributed by atoms with E-state index in [2.05, 4.69) is 30.7 Å². The first-order chi connectivity index (χ1) is 9.95. The molecule has 118 valence electrons. The van der Waals surface area contributed by atoms with Crippen molar-refractivity contribution in [2.45, 2.75) is 38.5 Å². The minimum absolute atomic E-state index is 0.0285. The highest BCUT2D eigenvalue weighted by Gasteiger charge is 2.32. The maximum Gasteiger partial charge on any atom is 0.268 e. The molecule has 21 heavy (non-hydrogen) atoms. The molecule has 2 rings (SSSR count). The van der Waals surface area contributed by atoms with Gasteiger partial charge in [-0.25, -0.2) is 4.98 Å². The van der Waals surface area contributed by atoms with Crippen LogP contribution in [0.25, 0.3) is 0 Å². The number of nitrogens with two attached hydrogens (primary N) is 1. The molecule has 0 aromatic carbocycles. The number of anilines is 2. The number of thioether (sulfide) groups is 1. The molecule has 0 bridgehead atoms. The zero-order chi connectivity index (χ0) is 15.6. The zero-order valence-electron chi connectivity index (χ0n) is 13.1. The molecule has 1 amide bonds. The highest BCUT2D eigenvalue weighted by Crippen LogP contribution is 2.32. The van der Waals surface area contributed by atoms with E-state index in [1.165, 1.54) is 11.3 Å². The standard InChI is InChI=1S/C14H24N4OS2/c1-5-6-17(4)14-16-12(15)11(21-14)13(19)18-7-8-20-10(3)9(18)2/h9-10H,5-8,15H2,1-4H3. The molecule has 0 radical (unpaired) electrons. The molecule has 1 aliphatic heterocycles. The monoisotopic (exact) mass is 328 g/mol. The Morgan fingerprint density at radius 2 is 2.24 bits per heavy atom. The predicted molar refractivity (Wildman–Crippen MR) is 92.5 cm³/mol. The lowest BCUT2D eigenvalue weighted by Gasteiger charge is -2.37. The Morgan fingerprint density at radius 3 is 2.90 bits per heavy atom. The highest BCUT2D eigenvalue weighted by atomic mass is 32.2. The van der Waals surface area contributed by atoms with Crippen LogP contribution in [0.1, 0.15) is 36.9 Å². The van der Waals surface area contributed by atoms with Gasteiger partial charge in [-0.05, 0) is 13.3 Å². The van der Waals surface area contributed by atoms with Crippen molar-refractivity contribution in [1.29, 1.82) is 0 Å². The summed E-state index contributed by atoms with van der Waals surface area (Å²) in [7, 11) is 1.98. The summed E-state index contributed by atoms with van der Waals surface area (Å²) < 4.78 is 0. The first-order valence-electron chi connectivity index (χ1n) is 7.35. The Morgan fingerprint density at radius 1 is 1.52 bits per heavy atom. The van der Waals surface area contributed by atoms with E-state index < -0.39 is 0 Å². The van der Waals surface area contributed by atoms with Crippen molar-refractivity contribution < 1.29 is 4.79 Å². The normalized spacial score (nSPS) is 22.4. The van der Waals surface area contributed by atoms with Crippen LogP contribution in [0.4, 0.5) is 10.9 Å². The quantitative estimate of drug-likeness (QED) is 0.920. The molecule has 1 aromatic rings. The number of aromatic nitrogens is 1. The number of thiazole rings is 1. The van der Waals surface area contributed by atoms with Gasteiger partial charge in [0, 0.05) is 37.2 Å². The average Bonchev–Trinajstić information content (AvgIpc) is 2.83. The average molecular weight is 329 g/mol. The van der Waals surface area contributed by atoms with Crippen LogP contribution in [0.15, 0.2) is 0 Å². The lowest BCUT2D eigenvalue weighted by Crippen LogP contribution is -2.47. The minimum Gasteiger partial charge on any atom is -0.382 e. The molecular weight excluding hydrogens is 304 g/mol. The summed E-state index contributed by atoms with van der Waals surface area (Å²) in [5.74, 6) is 1.38. The number of rotatable bonds is 4. The van der Waals surface area contributed by atoms with Crippen molar-refractivity contribution in [3.63, 3.8) is 0 Å². The van der Waals surface area contributed by atoms with Gasteiger partial charge in [0.1, 0.15) is 10.7 Å². The summed E-state index contributed by atoms with van der Waals surface area (Å²) in [6, 6.07) is 0.231. The maximum atomic E-state index is 12.8. The fourth-order valence-corrected chi connectivity index (χ4v) is 4.45. The van der Waals surface area contributed by atoms with Gasteiger partial charge in [-0.2, -0.15) is 11.8 Å². The van der Waals surface area contributed by atoms with Crippen molar-refractivity contribution in [3.05, 3.63) is 4.88 Å². The Balaban J connectivity index is 2.19. The number of carbonyl (C=O) groups excluding carboxylic acids is 1. The summed E-state index contributed by atoms with van der Waals surface area (Å²) in [6.07, 6.45) is 1.04. The van der Waals surface area contributed by atoms with Gasteiger partial charge in [0.15, 0.2) is 5.13 Å². The summed E-state index contributed by atoms with van der Waals surface area (Å²) in [4.78, 5) is 21.7. The molecule has 2 heterocycles. The SMILES string of the molecule is CCCN(C)c1nc(N)c(C(=O)N2CCSC(C)C2C)s1. The van der Waals surface area contributed by atoms with Crippen molar-refractivity contribution >= 4 is 40.0 Å².